The van der Waals surface area contributed by atoms with E-state index in [0.717, 1.165) is 0 Å². The van der Waals surface area contributed by atoms with Crippen LogP contribution in [0.15, 0.2) is 18.2 Å². The molecule has 1 aliphatic carbocycles. The summed E-state index contributed by atoms with van der Waals surface area (Å²) in [6.45, 7) is 6.88. The molecule has 1 N–H and O–H groups in total. The average Bonchev–Trinajstić information content (AvgIpc) is 2.58. The highest BCUT2D eigenvalue weighted by molar-refractivity contribution is 5.86. The van der Waals surface area contributed by atoms with Crippen molar-refractivity contribution in [3.63, 3.8) is 0 Å². The minimum Gasteiger partial charge on any atom is -0.358 e. The molecule has 0 saturated heterocycles. The molecule has 84 valence electrons. The van der Waals surface area contributed by atoms with Crippen LogP contribution in [0.4, 0.5) is 0 Å². The normalized spacial score (nSPS) is 18.7. The fourth-order valence-electron chi connectivity index (χ4n) is 3.03. The Bertz CT molecular complexity index is 546. The second-order valence-corrected chi connectivity index (χ2v) is 5.77. The summed E-state index contributed by atoms with van der Waals surface area (Å²) in [5, 5.41) is 1.45. The molecule has 16 heavy (non-hydrogen) atoms. The van der Waals surface area contributed by atoms with Crippen LogP contribution in [0.2, 0.25) is 0 Å². The molecule has 1 nitrogen and oxygen atoms in total. The minimum atomic E-state index is 0.320. The lowest BCUT2D eigenvalue weighted by Crippen LogP contribution is -2.23. The fourth-order valence-corrected chi connectivity index (χ4v) is 3.03. The lowest BCUT2D eigenvalue weighted by molar-refractivity contribution is 0.423. The Kier molecular flexibility index (Phi) is 1.95. The molecular weight excluding hydrogens is 194 g/mol. The van der Waals surface area contributed by atoms with E-state index in [0.29, 0.717) is 5.41 Å². The number of rotatable bonds is 0. The zero-order chi connectivity index (χ0) is 11.3. The molecule has 1 aromatic heterocycles. The highest BCUT2D eigenvalue weighted by Crippen LogP contribution is 2.39. The number of aromatic amines is 1. The van der Waals surface area contributed by atoms with Gasteiger partial charge in [-0.3, -0.25) is 0 Å². The molecule has 0 aliphatic heterocycles. The van der Waals surface area contributed by atoms with E-state index in [9.17, 15) is 0 Å². The van der Waals surface area contributed by atoms with Gasteiger partial charge in [0, 0.05) is 22.0 Å². The molecule has 0 bridgehead atoms. The summed E-state index contributed by atoms with van der Waals surface area (Å²) >= 11 is 0. The number of hydrogen-bond acceptors (Lipinski definition) is 0. The molecule has 2 aromatic rings. The third-order valence-electron chi connectivity index (χ3n) is 3.97. The van der Waals surface area contributed by atoms with Gasteiger partial charge in [0.2, 0.25) is 0 Å². The Morgan fingerprint density at radius 2 is 2.06 bits per heavy atom. The molecule has 0 unspecified atom stereocenters. The van der Waals surface area contributed by atoms with E-state index >= 15 is 0 Å². The van der Waals surface area contributed by atoms with Gasteiger partial charge in [0.25, 0.3) is 0 Å². The van der Waals surface area contributed by atoms with Crippen molar-refractivity contribution in [2.24, 2.45) is 0 Å². The molecule has 0 saturated carbocycles. The molecule has 1 aliphatic rings. The summed E-state index contributed by atoms with van der Waals surface area (Å²) in [5.41, 5.74) is 6.03. The maximum atomic E-state index is 3.63. The smallest absolute Gasteiger partial charge is 0.0459 e. The third kappa shape index (κ3) is 1.31. The van der Waals surface area contributed by atoms with E-state index in [1.165, 1.54) is 41.4 Å². The van der Waals surface area contributed by atoms with Crippen molar-refractivity contribution in [2.75, 3.05) is 0 Å². The fraction of sp³-hybridized carbons (Fsp3) is 0.467. The van der Waals surface area contributed by atoms with Crippen molar-refractivity contribution in [3.8, 4) is 0 Å². The topological polar surface area (TPSA) is 15.8 Å². The van der Waals surface area contributed by atoms with Gasteiger partial charge < -0.3 is 4.98 Å². The molecule has 0 spiro atoms. The summed E-state index contributed by atoms with van der Waals surface area (Å²) in [6.07, 6.45) is 3.86. The van der Waals surface area contributed by atoms with Crippen molar-refractivity contribution >= 4 is 10.9 Å². The van der Waals surface area contributed by atoms with E-state index < -0.39 is 0 Å². The van der Waals surface area contributed by atoms with Gasteiger partial charge in [0.1, 0.15) is 0 Å². The van der Waals surface area contributed by atoms with Gasteiger partial charge in [-0.05, 0) is 43.9 Å². The average molecular weight is 213 g/mol. The zero-order valence-electron chi connectivity index (χ0n) is 10.4. The molecule has 1 heteroatoms. The van der Waals surface area contributed by atoms with E-state index in [-0.39, 0.29) is 0 Å². The van der Waals surface area contributed by atoms with Crippen LogP contribution in [0.25, 0.3) is 10.9 Å². The number of H-pyrrole nitrogens is 1. The van der Waals surface area contributed by atoms with Gasteiger partial charge in [-0.15, -0.1) is 0 Å². The van der Waals surface area contributed by atoms with E-state index in [2.05, 4.69) is 44.0 Å². The first-order valence-electron chi connectivity index (χ1n) is 6.20. The first-order chi connectivity index (χ1) is 7.58. The Balaban J connectivity index is 2.33. The summed E-state index contributed by atoms with van der Waals surface area (Å²) in [5.74, 6) is 0. The second kappa shape index (κ2) is 3.13. The van der Waals surface area contributed by atoms with Gasteiger partial charge in [-0.25, -0.2) is 0 Å². The molecule has 3 rings (SSSR count). The second-order valence-electron chi connectivity index (χ2n) is 5.77. The van der Waals surface area contributed by atoms with E-state index in [1.54, 1.807) is 5.56 Å². The number of nitrogens with one attached hydrogen (secondary N) is 1. The lowest BCUT2D eigenvalue weighted by Gasteiger charge is -2.29. The molecular formula is C15H19N. The quantitative estimate of drug-likeness (QED) is 0.678. The van der Waals surface area contributed by atoms with Gasteiger partial charge in [-0.2, -0.15) is 0 Å². The van der Waals surface area contributed by atoms with Crippen LogP contribution in [0, 0.1) is 6.92 Å². The van der Waals surface area contributed by atoms with Crippen LogP contribution in [0.3, 0.4) is 0 Å². The number of hydrogen-bond donors (Lipinski definition) is 1. The monoisotopic (exact) mass is 213 g/mol. The Morgan fingerprint density at radius 3 is 2.88 bits per heavy atom. The van der Waals surface area contributed by atoms with E-state index in [1.807, 2.05) is 0 Å². The van der Waals surface area contributed by atoms with Crippen LogP contribution < -0.4 is 0 Å². The van der Waals surface area contributed by atoms with Crippen LogP contribution >= 0.6 is 0 Å². The standard InChI is InChI=1S/C15H19N/c1-10-6-7-13-12(9-10)11-5-4-8-15(2,3)14(11)16-13/h6-7,9,16H,4-5,8H2,1-3H3. The largest absolute Gasteiger partial charge is 0.358 e. The van der Waals surface area contributed by atoms with Gasteiger partial charge in [0.15, 0.2) is 0 Å². The predicted molar refractivity (Wildman–Crippen MR) is 69.0 cm³/mol. The number of benzene rings is 1. The molecule has 0 radical (unpaired) electrons. The minimum absolute atomic E-state index is 0.320. The van der Waals surface area contributed by atoms with Gasteiger partial charge in [-0.1, -0.05) is 25.5 Å². The number of aromatic nitrogens is 1. The first-order valence-corrected chi connectivity index (χ1v) is 6.20. The summed E-state index contributed by atoms with van der Waals surface area (Å²) in [4.78, 5) is 3.63. The maximum absolute atomic E-state index is 3.63. The van der Waals surface area contributed by atoms with Gasteiger partial charge >= 0.3 is 0 Å². The Labute approximate surface area is 96.9 Å². The van der Waals surface area contributed by atoms with E-state index in [4.69, 9.17) is 0 Å². The Morgan fingerprint density at radius 1 is 1.25 bits per heavy atom. The summed E-state index contributed by atoms with van der Waals surface area (Å²) < 4.78 is 0. The predicted octanol–water partition coefficient (Wildman–Crippen LogP) is 4.09. The van der Waals surface area contributed by atoms with Crippen LogP contribution in [-0.4, -0.2) is 4.98 Å². The number of aryl methyl sites for hydroxylation is 2. The number of fused-ring (bicyclic) bond motifs is 3. The summed E-state index contributed by atoms with van der Waals surface area (Å²) in [6, 6.07) is 6.74. The van der Waals surface area contributed by atoms with Crippen molar-refractivity contribution in [1.29, 1.82) is 0 Å². The first kappa shape index (κ1) is 9.95. The molecule has 1 heterocycles. The van der Waals surface area contributed by atoms with Crippen LogP contribution in [0.1, 0.15) is 43.5 Å². The Hall–Kier alpha value is -1.24. The lowest BCUT2D eigenvalue weighted by atomic mass is 9.76. The third-order valence-corrected chi connectivity index (χ3v) is 3.97. The van der Waals surface area contributed by atoms with Crippen molar-refractivity contribution < 1.29 is 0 Å². The van der Waals surface area contributed by atoms with Crippen LogP contribution in [0.5, 0.6) is 0 Å². The summed E-state index contributed by atoms with van der Waals surface area (Å²) in [7, 11) is 0. The SMILES string of the molecule is Cc1ccc2[nH]c3c(c2c1)CCCC3(C)C. The van der Waals surface area contributed by atoms with Gasteiger partial charge in [0.05, 0.1) is 0 Å². The van der Waals surface area contributed by atoms with Crippen molar-refractivity contribution in [3.05, 3.63) is 35.0 Å². The maximum Gasteiger partial charge on any atom is 0.0459 e. The van der Waals surface area contributed by atoms with Crippen LogP contribution in [-0.2, 0) is 11.8 Å². The zero-order valence-corrected chi connectivity index (χ0v) is 10.4. The highest BCUT2D eigenvalue weighted by Gasteiger charge is 2.30. The molecule has 0 atom stereocenters. The molecule has 0 fully saturated rings. The highest BCUT2D eigenvalue weighted by atomic mass is 14.8. The van der Waals surface area contributed by atoms with Crippen molar-refractivity contribution in [2.45, 2.75) is 45.4 Å². The van der Waals surface area contributed by atoms with Crippen molar-refractivity contribution in [1.82, 2.24) is 4.98 Å². The molecule has 0 amide bonds. The molecule has 1 aromatic carbocycles.